The molecule has 0 atom stereocenters. The van der Waals surface area contributed by atoms with Crippen LogP contribution in [-0.4, -0.2) is 32.9 Å². The van der Waals surface area contributed by atoms with E-state index in [2.05, 4.69) is 10.3 Å². The summed E-state index contributed by atoms with van der Waals surface area (Å²) in [5.41, 5.74) is 1.17. The lowest BCUT2D eigenvalue weighted by Crippen LogP contribution is -2.06. The molecule has 0 radical (unpaired) electrons. The molecule has 112 valence electrons. The van der Waals surface area contributed by atoms with Gasteiger partial charge < -0.3 is 19.5 Å². The summed E-state index contributed by atoms with van der Waals surface area (Å²) in [6.45, 7) is 0.773. The lowest BCUT2D eigenvalue weighted by Gasteiger charge is -2.10. The number of hydrogen-bond donors (Lipinski definition) is 1. The average Bonchev–Trinajstić information content (AvgIpc) is 2.55. The molecule has 0 saturated carbocycles. The van der Waals surface area contributed by atoms with Crippen molar-refractivity contribution < 1.29 is 14.2 Å². The summed E-state index contributed by atoms with van der Waals surface area (Å²) >= 11 is 0. The minimum atomic E-state index is 0.603. The van der Waals surface area contributed by atoms with E-state index < -0.39 is 0 Å². The first-order valence-corrected chi connectivity index (χ1v) is 6.72. The zero-order valence-electron chi connectivity index (χ0n) is 12.6. The van der Waals surface area contributed by atoms with Crippen LogP contribution in [0.2, 0.25) is 0 Å². The number of hydrogen-bond acceptors (Lipinski definition) is 5. The number of benzene rings is 1. The molecule has 21 heavy (non-hydrogen) atoms. The molecular formula is C16H20N2O3. The van der Waals surface area contributed by atoms with Crippen LogP contribution < -0.4 is 19.5 Å². The summed E-state index contributed by atoms with van der Waals surface area (Å²) in [6, 6.07) is 11.6. The van der Waals surface area contributed by atoms with Gasteiger partial charge in [0, 0.05) is 12.6 Å². The molecule has 2 aromatic rings. The van der Waals surface area contributed by atoms with Gasteiger partial charge >= 0.3 is 0 Å². The molecule has 1 aromatic carbocycles. The van der Waals surface area contributed by atoms with E-state index in [9.17, 15) is 0 Å². The van der Waals surface area contributed by atoms with E-state index in [0.29, 0.717) is 5.88 Å². The summed E-state index contributed by atoms with van der Waals surface area (Å²) in [7, 11) is 4.88. The third kappa shape index (κ3) is 4.02. The Morgan fingerprint density at radius 3 is 2.48 bits per heavy atom. The number of anilines is 1. The van der Waals surface area contributed by atoms with Crippen molar-refractivity contribution in [1.82, 2.24) is 4.98 Å². The van der Waals surface area contributed by atoms with Gasteiger partial charge in [0.1, 0.15) is 5.82 Å². The van der Waals surface area contributed by atoms with Gasteiger partial charge in [-0.2, -0.15) is 4.98 Å². The van der Waals surface area contributed by atoms with E-state index in [4.69, 9.17) is 14.2 Å². The number of aromatic nitrogens is 1. The highest BCUT2D eigenvalue weighted by atomic mass is 16.5. The molecule has 0 amide bonds. The molecule has 1 aromatic heterocycles. The fourth-order valence-electron chi connectivity index (χ4n) is 2.00. The van der Waals surface area contributed by atoms with Crippen LogP contribution in [0.5, 0.6) is 17.4 Å². The third-order valence-electron chi connectivity index (χ3n) is 3.10. The Balaban J connectivity index is 1.93. The topological polar surface area (TPSA) is 52.6 Å². The highest BCUT2D eigenvalue weighted by Crippen LogP contribution is 2.27. The van der Waals surface area contributed by atoms with Gasteiger partial charge in [-0.15, -0.1) is 0 Å². The highest BCUT2D eigenvalue weighted by Gasteiger charge is 2.04. The fourth-order valence-corrected chi connectivity index (χ4v) is 2.00. The molecule has 0 fully saturated rings. The number of pyridine rings is 1. The molecule has 1 N–H and O–H groups in total. The zero-order valence-corrected chi connectivity index (χ0v) is 12.6. The first-order valence-electron chi connectivity index (χ1n) is 6.72. The summed E-state index contributed by atoms with van der Waals surface area (Å²) in [5, 5.41) is 3.27. The molecule has 0 spiro atoms. The smallest absolute Gasteiger partial charge is 0.214 e. The van der Waals surface area contributed by atoms with Crippen LogP contribution in [0.4, 0.5) is 5.82 Å². The van der Waals surface area contributed by atoms with Gasteiger partial charge in [-0.25, -0.2) is 0 Å². The Morgan fingerprint density at radius 2 is 1.76 bits per heavy atom. The van der Waals surface area contributed by atoms with Crippen molar-refractivity contribution in [1.29, 1.82) is 0 Å². The number of ether oxygens (including phenoxy) is 3. The van der Waals surface area contributed by atoms with E-state index in [1.54, 1.807) is 21.3 Å². The second-order valence-corrected chi connectivity index (χ2v) is 4.43. The van der Waals surface area contributed by atoms with Gasteiger partial charge in [-0.1, -0.05) is 12.1 Å². The summed E-state index contributed by atoms with van der Waals surface area (Å²) in [5.74, 6) is 2.89. The molecule has 5 nitrogen and oxygen atoms in total. The normalized spacial score (nSPS) is 10.0. The Kier molecular flexibility index (Phi) is 5.26. The van der Waals surface area contributed by atoms with Crippen LogP contribution in [0, 0.1) is 0 Å². The Morgan fingerprint density at radius 1 is 0.952 bits per heavy atom. The molecule has 0 bridgehead atoms. The van der Waals surface area contributed by atoms with Gasteiger partial charge in [0.05, 0.1) is 21.3 Å². The van der Waals surface area contributed by atoms with Crippen molar-refractivity contribution in [2.45, 2.75) is 6.42 Å². The molecule has 0 saturated heterocycles. The number of methoxy groups -OCH3 is 3. The van der Waals surface area contributed by atoms with Gasteiger partial charge in [0.2, 0.25) is 5.88 Å². The molecule has 1 heterocycles. The Bertz CT molecular complexity index is 587. The van der Waals surface area contributed by atoms with Crippen LogP contribution in [0.3, 0.4) is 0 Å². The van der Waals surface area contributed by atoms with E-state index >= 15 is 0 Å². The standard InChI is InChI=1S/C16H20N2O3/c1-19-13-8-7-12(11-14(13)20-2)9-10-17-15-5-4-6-16(18-15)21-3/h4-8,11H,9-10H2,1-3H3,(H,17,18). The monoisotopic (exact) mass is 288 g/mol. The molecule has 2 rings (SSSR count). The molecular weight excluding hydrogens is 268 g/mol. The van der Waals surface area contributed by atoms with E-state index in [-0.39, 0.29) is 0 Å². The lowest BCUT2D eigenvalue weighted by molar-refractivity contribution is 0.354. The third-order valence-corrected chi connectivity index (χ3v) is 3.10. The maximum absolute atomic E-state index is 5.30. The molecule has 5 heteroatoms. The van der Waals surface area contributed by atoms with E-state index in [1.165, 1.54) is 5.56 Å². The van der Waals surface area contributed by atoms with Crippen LogP contribution in [-0.2, 0) is 6.42 Å². The summed E-state index contributed by atoms with van der Waals surface area (Å²) in [4.78, 5) is 4.31. The predicted octanol–water partition coefficient (Wildman–Crippen LogP) is 2.76. The quantitative estimate of drug-likeness (QED) is 0.849. The molecule has 0 unspecified atom stereocenters. The maximum Gasteiger partial charge on any atom is 0.214 e. The maximum atomic E-state index is 5.30. The largest absolute Gasteiger partial charge is 0.493 e. The molecule has 0 aliphatic heterocycles. The van der Waals surface area contributed by atoms with Gasteiger partial charge in [0.25, 0.3) is 0 Å². The number of rotatable bonds is 7. The van der Waals surface area contributed by atoms with Crippen molar-refractivity contribution in [2.24, 2.45) is 0 Å². The SMILES string of the molecule is COc1cccc(NCCc2ccc(OC)c(OC)c2)n1. The van der Waals surface area contributed by atoms with Crippen molar-refractivity contribution in [2.75, 3.05) is 33.2 Å². The Hall–Kier alpha value is -2.43. The van der Waals surface area contributed by atoms with Crippen LogP contribution in [0.25, 0.3) is 0 Å². The minimum absolute atomic E-state index is 0.603. The van der Waals surface area contributed by atoms with Crippen LogP contribution >= 0.6 is 0 Å². The van der Waals surface area contributed by atoms with E-state index in [0.717, 1.165) is 30.3 Å². The first kappa shape index (κ1) is 15.0. The van der Waals surface area contributed by atoms with Crippen molar-refractivity contribution in [3.8, 4) is 17.4 Å². The van der Waals surface area contributed by atoms with Gasteiger partial charge in [-0.3, -0.25) is 0 Å². The lowest BCUT2D eigenvalue weighted by atomic mass is 10.1. The second kappa shape index (κ2) is 7.38. The first-order chi connectivity index (χ1) is 10.3. The van der Waals surface area contributed by atoms with Crippen molar-refractivity contribution in [3.05, 3.63) is 42.0 Å². The predicted molar refractivity (Wildman–Crippen MR) is 82.5 cm³/mol. The van der Waals surface area contributed by atoms with Crippen LogP contribution in [0.1, 0.15) is 5.56 Å². The Labute approximate surface area is 124 Å². The summed E-state index contributed by atoms with van der Waals surface area (Å²) in [6.07, 6.45) is 0.860. The molecule has 0 aliphatic carbocycles. The van der Waals surface area contributed by atoms with Crippen LogP contribution in [0.15, 0.2) is 36.4 Å². The average molecular weight is 288 g/mol. The minimum Gasteiger partial charge on any atom is -0.493 e. The van der Waals surface area contributed by atoms with Gasteiger partial charge in [-0.05, 0) is 30.2 Å². The fraction of sp³-hybridized carbons (Fsp3) is 0.312. The number of nitrogens with one attached hydrogen (secondary N) is 1. The number of nitrogens with zero attached hydrogens (tertiary/aromatic N) is 1. The zero-order chi connectivity index (χ0) is 15.1. The summed E-state index contributed by atoms with van der Waals surface area (Å²) < 4.78 is 15.6. The van der Waals surface area contributed by atoms with Gasteiger partial charge in [0.15, 0.2) is 11.5 Å². The van der Waals surface area contributed by atoms with E-state index in [1.807, 2.05) is 36.4 Å². The highest BCUT2D eigenvalue weighted by molar-refractivity contribution is 5.43. The molecule has 0 aliphatic rings. The van der Waals surface area contributed by atoms with Crippen molar-refractivity contribution in [3.63, 3.8) is 0 Å². The van der Waals surface area contributed by atoms with Crippen molar-refractivity contribution >= 4 is 5.82 Å². The second-order valence-electron chi connectivity index (χ2n) is 4.43.